The fourth-order valence-electron chi connectivity index (χ4n) is 4.08. The van der Waals surface area contributed by atoms with E-state index in [9.17, 15) is 18.0 Å². The van der Waals surface area contributed by atoms with E-state index >= 15 is 0 Å². The number of nitrogens with zero attached hydrogens (tertiary/aromatic N) is 2. The van der Waals surface area contributed by atoms with Crippen LogP contribution in [0.15, 0.2) is 83.8 Å². The van der Waals surface area contributed by atoms with Crippen LogP contribution in [0, 0.1) is 6.92 Å². The Hall–Kier alpha value is -3.85. The number of anilines is 1. The second kappa shape index (κ2) is 13.3. The maximum Gasteiger partial charge on any atom is 0.264 e. The monoisotopic (exact) mass is 551 g/mol. The molecule has 0 unspecified atom stereocenters. The summed E-state index contributed by atoms with van der Waals surface area (Å²) in [5, 5.41) is 2.86. The topological polar surface area (TPSA) is 96.0 Å². The molecule has 0 fully saturated rings. The van der Waals surface area contributed by atoms with Gasteiger partial charge in [-0.3, -0.25) is 13.9 Å². The Balaban J connectivity index is 2.00. The molecule has 0 aromatic heterocycles. The van der Waals surface area contributed by atoms with Crippen LogP contribution in [0.5, 0.6) is 5.75 Å². The van der Waals surface area contributed by atoms with Crippen LogP contribution in [0.25, 0.3) is 0 Å². The summed E-state index contributed by atoms with van der Waals surface area (Å²) in [6.07, 6.45) is 0. The summed E-state index contributed by atoms with van der Waals surface area (Å²) in [6.45, 7) is 9.26. The van der Waals surface area contributed by atoms with Gasteiger partial charge in [-0.2, -0.15) is 0 Å². The van der Waals surface area contributed by atoms with E-state index in [0.717, 1.165) is 15.4 Å². The average Bonchev–Trinajstić information content (AvgIpc) is 2.91. The quantitative estimate of drug-likeness (QED) is 0.357. The Kier molecular flexibility index (Phi) is 10.1. The molecule has 0 saturated carbocycles. The number of para-hydroxylation sites is 1. The maximum absolute atomic E-state index is 13.9. The first-order chi connectivity index (χ1) is 18.5. The van der Waals surface area contributed by atoms with Crippen LogP contribution in [-0.2, 0) is 26.2 Å². The van der Waals surface area contributed by atoms with Crippen molar-refractivity contribution in [3.05, 3.63) is 90.0 Å². The number of hydrogen-bond acceptors (Lipinski definition) is 5. The molecule has 0 bridgehead atoms. The summed E-state index contributed by atoms with van der Waals surface area (Å²) in [5.41, 5.74) is 2.18. The van der Waals surface area contributed by atoms with Crippen LogP contribution in [0.1, 0.15) is 38.8 Å². The Labute approximate surface area is 231 Å². The van der Waals surface area contributed by atoms with Gasteiger partial charge in [0.05, 0.1) is 17.2 Å². The minimum absolute atomic E-state index is 0.0265. The van der Waals surface area contributed by atoms with Crippen molar-refractivity contribution in [2.45, 2.75) is 58.1 Å². The third-order valence-corrected chi connectivity index (χ3v) is 8.03. The van der Waals surface area contributed by atoms with Crippen molar-refractivity contribution in [1.29, 1.82) is 0 Å². The van der Waals surface area contributed by atoms with Gasteiger partial charge in [-0.1, -0.05) is 42.5 Å². The first-order valence-electron chi connectivity index (χ1n) is 13.0. The number of sulfonamides is 1. The van der Waals surface area contributed by atoms with Gasteiger partial charge < -0.3 is 15.0 Å². The Morgan fingerprint density at radius 3 is 2.10 bits per heavy atom. The summed E-state index contributed by atoms with van der Waals surface area (Å²) in [7, 11) is -4.13. The second-order valence-corrected chi connectivity index (χ2v) is 11.4. The number of carbonyl (C=O) groups is 2. The van der Waals surface area contributed by atoms with E-state index in [-0.39, 0.29) is 23.4 Å². The molecule has 0 aliphatic heterocycles. The highest BCUT2D eigenvalue weighted by Gasteiger charge is 2.32. The lowest BCUT2D eigenvalue weighted by molar-refractivity contribution is -0.139. The number of ether oxygens (including phenoxy) is 1. The molecule has 0 spiro atoms. The smallest absolute Gasteiger partial charge is 0.264 e. The van der Waals surface area contributed by atoms with Crippen LogP contribution in [0.2, 0.25) is 0 Å². The third-order valence-electron chi connectivity index (χ3n) is 6.25. The SMILES string of the molecule is CCOc1ccc(S(=O)(=O)N(CC(=O)N(Cc2ccccc2C)[C@H](C)C(=O)NC(C)C)c2ccccc2)cc1. The number of carbonyl (C=O) groups excluding carboxylic acids is 2. The number of hydrogen-bond donors (Lipinski definition) is 1. The summed E-state index contributed by atoms with van der Waals surface area (Å²) in [4.78, 5) is 28.4. The van der Waals surface area contributed by atoms with Crippen LogP contribution in [0.3, 0.4) is 0 Å². The number of aryl methyl sites for hydroxylation is 1. The van der Waals surface area contributed by atoms with E-state index in [1.807, 2.05) is 52.0 Å². The molecule has 0 aliphatic rings. The molecule has 9 heteroatoms. The highest BCUT2D eigenvalue weighted by Crippen LogP contribution is 2.26. The summed E-state index contributed by atoms with van der Waals surface area (Å²) in [6, 6.07) is 21.2. The van der Waals surface area contributed by atoms with Crippen molar-refractivity contribution in [3.8, 4) is 5.75 Å². The highest BCUT2D eigenvalue weighted by atomic mass is 32.2. The lowest BCUT2D eigenvalue weighted by Crippen LogP contribution is -2.52. The van der Waals surface area contributed by atoms with E-state index in [1.165, 1.54) is 17.0 Å². The average molecular weight is 552 g/mol. The molecular formula is C30H37N3O5S. The predicted molar refractivity (Wildman–Crippen MR) is 153 cm³/mol. The second-order valence-electron chi connectivity index (χ2n) is 9.54. The van der Waals surface area contributed by atoms with Gasteiger partial charge in [0.25, 0.3) is 10.0 Å². The molecule has 0 saturated heterocycles. The maximum atomic E-state index is 13.9. The zero-order valence-electron chi connectivity index (χ0n) is 23.1. The van der Waals surface area contributed by atoms with Crippen molar-refractivity contribution >= 4 is 27.5 Å². The minimum atomic E-state index is -4.13. The first-order valence-corrected chi connectivity index (χ1v) is 14.4. The molecule has 1 atom stereocenters. The molecule has 3 aromatic rings. The van der Waals surface area contributed by atoms with Crippen LogP contribution >= 0.6 is 0 Å². The van der Waals surface area contributed by atoms with Crippen molar-refractivity contribution in [2.75, 3.05) is 17.5 Å². The highest BCUT2D eigenvalue weighted by molar-refractivity contribution is 7.92. The van der Waals surface area contributed by atoms with Crippen molar-refractivity contribution in [2.24, 2.45) is 0 Å². The van der Waals surface area contributed by atoms with Crippen LogP contribution in [-0.4, -0.2) is 50.4 Å². The van der Waals surface area contributed by atoms with Gasteiger partial charge in [0.1, 0.15) is 18.3 Å². The van der Waals surface area contributed by atoms with E-state index in [2.05, 4.69) is 5.32 Å². The third kappa shape index (κ3) is 7.60. The molecule has 208 valence electrons. The van der Waals surface area contributed by atoms with Crippen molar-refractivity contribution < 1.29 is 22.7 Å². The normalized spacial score (nSPS) is 12.1. The molecule has 39 heavy (non-hydrogen) atoms. The number of amides is 2. The van der Waals surface area contributed by atoms with Crippen molar-refractivity contribution in [3.63, 3.8) is 0 Å². The standard InChI is InChI=1S/C30H37N3O5S/c1-6-38-27-16-18-28(19-17-27)39(36,37)33(26-14-8-7-9-15-26)21-29(34)32(24(5)30(35)31-22(2)3)20-25-13-11-10-12-23(25)4/h7-19,22,24H,6,20-21H2,1-5H3,(H,31,35)/t24-/m1/s1. The Bertz CT molecular complexity index is 1360. The largest absolute Gasteiger partial charge is 0.494 e. The molecule has 0 radical (unpaired) electrons. The summed E-state index contributed by atoms with van der Waals surface area (Å²) >= 11 is 0. The fraction of sp³-hybridized carbons (Fsp3) is 0.333. The lowest BCUT2D eigenvalue weighted by Gasteiger charge is -2.32. The zero-order valence-corrected chi connectivity index (χ0v) is 23.9. The Morgan fingerprint density at radius 2 is 1.51 bits per heavy atom. The predicted octanol–water partition coefficient (Wildman–Crippen LogP) is 4.53. The van der Waals surface area contributed by atoms with Gasteiger partial charge in [0, 0.05) is 12.6 Å². The van der Waals surface area contributed by atoms with Gasteiger partial charge in [0.15, 0.2) is 0 Å². The molecule has 3 rings (SSSR count). The van der Waals surface area contributed by atoms with Gasteiger partial charge in [0.2, 0.25) is 11.8 Å². The number of rotatable bonds is 12. The molecule has 0 heterocycles. The van der Waals surface area contributed by atoms with Gasteiger partial charge >= 0.3 is 0 Å². The van der Waals surface area contributed by atoms with E-state index in [1.54, 1.807) is 49.4 Å². The molecular weight excluding hydrogens is 514 g/mol. The van der Waals surface area contributed by atoms with Crippen molar-refractivity contribution in [1.82, 2.24) is 10.2 Å². The van der Waals surface area contributed by atoms with Gasteiger partial charge in [-0.25, -0.2) is 8.42 Å². The fourth-order valence-corrected chi connectivity index (χ4v) is 5.50. The molecule has 3 aromatic carbocycles. The van der Waals surface area contributed by atoms with E-state index in [0.29, 0.717) is 18.0 Å². The molecule has 0 aliphatic carbocycles. The Morgan fingerprint density at radius 1 is 0.897 bits per heavy atom. The summed E-state index contributed by atoms with van der Waals surface area (Å²) in [5.74, 6) is -0.260. The molecule has 1 N–H and O–H groups in total. The zero-order chi connectivity index (χ0) is 28.6. The number of nitrogens with one attached hydrogen (secondary N) is 1. The minimum Gasteiger partial charge on any atom is -0.494 e. The number of benzene rings is 3. The van der Waals surface area contributed by atoms with Gasteiger partial charge in [-0.15, -0.1) is 0 Å². The summed E-state index contributed by atoms with van der Waals surface area (Å²) < 4.78 is 34.2. The van der Waals surface area contributed by atoms with Gasteiger partial charge in [-0.05, 0) is 82.1 Å². The van der Waals surface area contributed by atoms with Crippen LogP contribution < -0.4 is 14.4 Å². The van der Waals surface area contributed by atoms with Crippen LogP contribution in [0.4, 0.5) is 5.69 Å². The molecule has 8 nitrogen and oxygen atoms in total. The molecule has 2 amide bonds. The van der Waals surface area contributed by atoms with E-state index < -0.39 is 28.5 Å². The lowest BCUT2D eigenvalue weighted by atomic mass is 10.1. The van der Waals surface area contributed by atoms with E-state index in [4.69, 9.17) is 4.74 Å². The first kappa shape index (κ1) is 29.7.